The lowest BCUT2D eigenvalue weighted by Gasteiger charge is -2.40. The van der Waals surface area contributed by atoms with E-state index in [1.807, 2.05) is 0 Å². The monoisotopic (exact) mass is 316 g/mol. The van der Waals surface area contributed by atoms with Gasteiger partial charge in [0, 0.05) is 16.5 Å². The minimum absolute atomic E-state index is 0.104. The van der Waals surface area contributed by atoms with Gasteiger partial charge >= 0.3 is 0 Å². The Bertz CT molecular complexity index is 369. The van der Waals surface area contributed by atoms with Gasteiger partial charge in [0.05, 0.1) is 3.79 Å². The number of nitrogens with two attached hydrogens (primary N) is 1. The zero-order valence-electron chi connectivity index (χ0n) is 10.6. The summed E-state index contributed by atoms with van der Waals surface area (Å²) in [6, 6.07) is 4.48. The summed E-state index contributed by atoms with van der Waals surface area (Å²) in [4.78, 5) is 3.91. The first-order valence-corrected chi connectivity index (χ1v) is 7.86. The van der Waals surface area contributed by atoms with Crippen LogP contribution in [0.2, 0.25) is 0 Å². The summed E-state index contributed by atoms with van der Waals surface area (Å²) in [7, 11) is 0. The molecule has 1 atom stereocenters. The summed E-state index contributed by atoms with van der Waals surface area (Å²) in [5, 5.41) is 0. The SMILES string of the molecule is CC(C)(C(N)Cc1ccc(Br)s1)N1CCCC1. The van der Waals surface area contributed by atoms with E-state index in [2.05, 4.69) is 46.8 Å². The molecular formula is C13H21BrN2S. The minimum Gasteiger partial charge on any atom is -0.326 e. The van der Waals surface area contributed by atoms with Crippen molar-refractivity contribution in [2.24, 2.45) is 5.73 Å². The van der Waals surface area contributed by atoms with Crippen molar-refractivity contribution in [1.82, 2.24) is 4.90 Å². The molecule has 1 aliphatic heterocycles. The molecule has 17 heavy (non-hydrogen) atoms. The highest BCUT2D eigenvalue weighted by molar-refractivity contribution is 9.11. The lowest BCUT2D eigenvalue weighted by atomic mass is 9.90. The highest BCUT2D eigenvalue weighted by Crippen LogP contribution is 2.28. The van der Waals surface area contributed by atoms with Gasteiger partial charge in [-0.1, -0.05) is 0 Å². The fourth-order valence-electron chi connectivity index (χ4n) is 2.46. The van der Waals surface area contributed by atoms with E-state index in [0.717, 1.165) is 6.42 Å². The Balaban J connectivity index is 2.00. The van der Waals surface area contributed by atoms with Crippen LogP contribution in [0.25, 0.3) is 0 Å². The van der Waals surface area contributed by atoms with E-state index >= 15 is 0 Å². The van der Waals surface area contributed by atoms with E-state index in [4.69, 9.17) is 5.73 Å². The van der Waals surface area contributed by atoms with Gasteiger partial charge in [-0.05, 0) is 74.3 Å². The van der Waals surface area contributed by atoms with Gasteiger partial charge in [-0.3, -0.25) is 4.90 Å². The van der Waals surface area contributed by atoms with Crippen molar-refractivity contribution in [3.05, 3.63) is 20.8 Å². The van der Waals surface area contributed by atoms with E-state index in [0.29, 0.717) is 0 Å². The maximum absolute atomic E-state index is 6.42. The molecule has 0 amide bonds. The third-order valence-electron chi connectivity index (χ3n) is 3.88. The third-order valence-corrected chi connectivity index (χ3v) is 5.52. The molecule has 0 aromatic carbocycles. The molecule has 2 rings (SSSR count). The van der Waals surface area contributed by atoms with Gasteiger partial charge in [0.2, 0.25) is 0 Å². The summed E-state index contributed by atoms with van der Waals surface area (Å²) in [6.07, 6.45) is 3.61. The molecule has 4 heteroatoms. The summed E-state index contributed by atoms with van der Waals surface area (Å²) in [5.41, 5.74) is 6.53. The molecule has 1 fully saturated rings. The van der Waals surface area contributed by atoms with Crippen molar-refractivity contribution in [3.63, 3.8) is 0 Å². The first kappa shape index (κ1) is 13.5. The Morgan fingerprint density at radius 2 is 2.06 bits per heavy atom. The van der Waals surface area contributed by atoms with Crippen LogP contribution in [-0.4, -0.2) is 29.6 Å². The van der Waals surface area contributed by atoms with Crippen molar-refractivity contribution in [1.29, 1.82) is 0 Å². The Morgan fingerprint density at radius 1 is 1.41 bits per heavy atom. The van der Waals surface area contributed by atoms with Crippen LogP contribution in [0, 0.1) is 0 Å². The van der Waals surface area contributed by atoms with Gasteiger partial charge in [-0.2, -0.15) is 0 Å². The van der Waals surface area contributed by atoms with Crippen LogP contribution in [0.4, 0.5) is 0 Å². The van der Waals surface area contributed by atoms with Crippen LogP contribution in [-0.2, 0) is 6.42 Å². The van der Waals surface area contributed by atoms with E-state index in [9.17, 15) is 0 Å². The van der Waals surface area contributed by atoms with Gasteiger partial charge in [-0.25, -0.2) is 0 Å². The maximum atomic E-state index is 6.42. The molecule has 0 spiro atoms. The molecule has 1 aromatic rings. The standard InChI is InChI=1S/C13H21BrN2S/c1-13(2,16-7-3-4-8-16)11(15)9-10-5-6-12(14)17-10/h5-6,11H,3-4,7-9,15H2,1-2H3. The van der Waals surface area contributed by atoms with E-state index in [-0.39, 0.29) is 11.6 Å². The first-order chi connectivity index (χ1) is 8.00. The highest BCUT2D eigenvalue weighted by Gasteiger charge is 2.34. The lowest BCUT2D eigenvalue weighted by molar-refractivity contribution is 0.124. The topological polar surface area (TPSA) is 29.3 Å². The minimum atomic E-state index is 0.104. The molecule has 0 aliphatic carbocycles. The van der Waals surface area contributed by atoms with Crippen LogP contribution in [0.1, 0.15) is 31.6 Å². The van der Waals surface area contributed by atoms with Gasteiger partial charge in [0.1, 0.15) is 0 Å². The van der Waals surface area contributed by atoms with Crippen molar-refractivity contribution in [2.45, 2.75) is 44.7 Å². The van der Waals surface area contributed by atoms with Gasteiger partial charge < -0.3 is 5.73 Å². The van der Waals surface area contributed by atoms with Crippen molar-refractivity contribution >= 4 is 27.3 Å². The van der Waals surface area contributed by atoms with E-state index in [1.54, 1.807) is 11.3 Å². The zero-order chi connectivity index (χ0) is 12.5. The Labute approximate surface area is 116 Å². The second-order valence-electron chi connectivity index (χ2n) is 5.36. The Hall–Kier alpha value is 0.1000. The molecule has 2 nitrogen and oxygen atoms in total. The van der Waals surface area contributed by atoms with Crippen LogP contribution < -0.4 is 5.73 Å². The second-order valence-corrected chi connectivity index (χ2v) is 7.91. The highest BCUT2D eigenvalue weighted by atomic mass is 79.9. The quantitative estimate of drug-likeness (QED) is 0.923. The normalized spacial score (nSPS) is 19.8. The van der Waals surface area contributed by atoms with Crippen LogP contribution in [0.3, 0.4) is 0 Å². The summed E-state index contributed by atoms with van der Waals surface area (Å²) >= 11 is 5.30. The third kappa shape index (κ3) is 3.11. The number of rotatable bonds is 4. The smallest absolute Gasteiger partial charge is 0.0701 e. The Morgan fingerprint density at radius 3 is 2.59 bits per heavy atom. The molecule has 1 aliphatic rings. The Kier molecular flexibility index (Phi) is 4.29. The van der Waals surface area contributed by atoms with Crippen LogP contribution in [0.15, 0.2) is 15.9 Å². The molecular weight excluding hydrogens is 296 g/mol. The van der Waals surface area contributed by atoms with Crippen molar-refractivity contribution in [3.8, 4) is 0 Å². The molecule has 1 unspecified atom stereocenters. The first-order valence-electron chi connectivity index (χ1n) is 6.25. The fourth-order valence-corrected chi connectivity index (χ4v) is 4.00. The molecule has 0 radical (unpaired) electrons. The predicted molar refractivity (Wildman–Crippen MR) is 78.6 cm³/mol. The van der Waals surface area contributed by atoms with Gasteiger partial charge in [0.25, 0.3) is 0 Å². The summed E-state index contributed by atoms with van der Waals surface area (Å²) in [6.45, 7) is 6.97. The fraction of sp³-hybridized carbons (Fsp3) is 0.692. The average Bonchev–Trinajstić information content (AvgIpc) is 2.89. The second kappa shape index (κ2) is 5.39. The molecule has 1 aromatic heterocycles. The summed E-state index contributed by atoms with van der Waals surface area (Å²) in [5.74, 6) is 0. The largest absolute Gasteiger partial charge is 0.326 e. The van der Waals surface area contributed by atoms with Gasteiger partial charge in [-0.15, -0.1) is 11.3 Å². The number of hydrogen-bond donors (Lipinski definition) is 1. The molecule has 1 saturated heterocycles. The molecule has 96 valence electrons. The molecule has 0 saturated carbocycles. The zero-order valence-corrected chi connectivity index (χ0v) is 13.0. The number of thiophene rings is 1. The summed E-state index contributed by atoms with van der Waals surface area (Å²) < 4.78 is 1.19. The molecule has 2 heterocycles. The number of halogens is 1. The number of hydrogen-bond acceptors (Lipinski definition) is 3. The number of likely N-dealkylation sites (tertiary alicyclic amines) is 1. The number of nitrogens with zero attached hydrogens (tertiary/aromatic N) is 1. The van der Waals surface area contributed by atoms with Crippen molar-refractivity contribution in [2.75, 3.05) is 13.1 Å². The van der Waals surface area contributed by atoms with Crippen molar-refractivity contribution < 1.29 is 0 Å². The van der Waals surface area contributed by atoms with E-state index in [1.165, 1.54) is 34.6 Å². The molecule has 2 N–H and O–H groups in total. The van der Waals surface area contributed by atoms with Gasteiger partial charge in [0.15, 0.2) is 0 Å². The van der Waals surface area contributed by atoms with E-state index < -0.39 is 0 Å². The maximum Gasteiger partial charge on any atom is 0.0701 e. The van der Waals surface area contributed by atoms with Crippen LogP contribution in [0.5, 0.6) is 0 Å². The average molecular weight is 317 g/mol. The predicted octanol–water partition coefficient (Wildman–Crippen LogP) is 3.25. The lowest BCUT2D eigenvalue weighted by Crippen LogP contribution is -2.55. The van der Waals surface area contributed by atoms with Crippen LogP contribution >= 0.6 is 27.3 Å². The molecule has 0 bridgehead atoms.